The third-order valence-corrected chi connectivity index (χ3v) is 4.92. The van der Waals surface area contributed by atoms with Gasteiger partial charge in [0.1, 0.15) is 11.5 Å². The Kier molecular flexibility index (Phi) is 6.37. The van der Waals surface area contributed by atoms with Crippen molar-refractivity contribution >= 4 is 35.0 Å². The lowest BCUT2D eigenvalue weighted by Crippen LogP contribution is -2.22. The second kappa shape index (κ2) is 8.94. The van der Waals surface area contributed by atoms with Crippen LogP contribution in [0.1, 0.15) is 6.92 Å². The molecule has 0 saturated carbocycles. The van der Waals surface area contributed by atoms with Gasteiger partial charge in [0.2, 0.25) is 11.8 Å². The Morgan fingerprint density at radius 3 is 2.71 bits per heavy atom. The predicted molar refractivity (Wildman–Crippen MR) is 106 cm³/mol. The standard InChI is InChI=1S/C18H17ClN4O4S/c1-10(28-18-23-22-17(27-18)11-5-4-6-20-9-11)16(24)21-13-7-12(19)14(25-2)8-15(13)26-3/h4-10H,1-3H3,(H,21,24). The van der Waals surface area contributed by atoms with E-state index in [9.17, 15) is 4.79 Å². The highest BCUT2D eigenvalue weighted by Gasteiger charge is 2.21. The molecule has 0 radical (unpaired) electrons. The quantitative estimate of drug-likeness (QED) is 0.574. The van der Waals surface area contributed by atoms with Gasteiger partial charge in [-0.25, -0.2) is 0 Å². The smallest absolute Gasteiger partial charge is 0.277 e. The Bertz CT molecular complexity index is 967. The molecule has 2 aromatic heterocycles. The van der Waals surface area contributed by atoms with Gasteiger partial charge in [0.15, 0.2) is 0 Å². The molecule has 3 aromatic rings. The van der Waals surface area contributed by atoms with Crippen LogP contribution in [0.3, 0.4) is 0 Å². The normalized spacial score (nSPS) is 11.7. The predicted octanol–water partition coefficient (Wildman–Crippen LogP) is 3.92. The Balaban J connectivity index is 1.69. The molecule has 0 fully saturated rings. The molecule has 1 amide bonds. The van der Waals surface area contributed by atoms with Crippen molar-refractivity contribution < 1.29 is 18.7 Å². The van der Waals surface area contributed by atoms with E-state index in [0.29, 0.717) is 33.7 Å². The van der Waals surface area contributed by atoms with E-state index in [1.807, 2.05) is 6.07 Å². The maximum atomic E-state index is 12.6. The summed E-state index contributed by atoms with van der Waals surface area (Å²) in [5.41, 5.74) is 1.14. The molecule has 0 aliphatic heterocycles. The molecular weight excluding hydrogens is 404 g/mol. The number of aromatic nitrogens is 3. The third-order valence-electron chi connectivity index (χ3n) is 3.69. The van der Waals surface area contributed by atoms with Crippen LogP contribution in [-0.4, -0.2) is 40.6 Å². The average molecular weight is 421 g/mol. The molecule has 0 spiro atoms. The van der Waals surface area contributed by atoms with Crippen LogP contribution in [0.4, 0.5) is 5.69 Å². The first-order valence-electron chi connectivity index (χ1n) is 8.14. The van der Waals surface area contributed by atoms with E-state index < -0.39 is 5.25 Å². The molecule has 3 rings (SSSR count). The summed E-state index contributed by atoms with van der Waals surface area (Å²) >= 11 is 7.28. The van der Waals surface area contributed by atoms with Crippen LogP contribution in [0.2, 0.25) is 5.02 Å². The number of anilines is 1. The molecule has 2 heterocycles. The lowest BCUT2D eigenvalue weighted by molar-refractivity contribution is -0.115. The number of carbonyl (C=O) groups is 1. The zero-order valence-corrected chi connectivity index (χ0v) is 16.9. The first-order valence-corrected chi connectivity index (χ1v) is 9.40. The van der Waals surface area contributed by atoms with Crippen LogP contribution in [0.15, 0.2) is 46.3 Å². The van der Waals surface area contributed by atoms with Crippen molar-refractivity contribution in [2.24, 2.45) is 0 Å². The van der Waals surface area contributed by atoms with E-state index in [1.54, 1.807) is 37.5 Å². The number of carbonyl (C=O) groups excluding carboxylic acids is 1. The Labute approximate surface area is 170 Å². The number of methoxy groups -OCH3 is 2. The van der Waals surface area contributed by atoms with Gasteiger partial charge < -0.3 is 19.2 Å². The molecule has 0 aliphatic carbocycles. The third kappa shape index (κ3) is 4.55. The van der Waals surface area contributed by atoms with Crippen molar-refractivity contribution in [3.8, 4) is 23.0 Å². The van der Waals surface area contributed by atoms with Crippen molar-refractivity contribution in [2.75, 3.05) is 19.5 Å². The van der Waals surface area contributed by atoms with E-state index in [2.05, 4.69) is 20.5 Å². The van der Waals surface area contributed by atoms with E-state index >= 15 is 0 Å². The van der Waals surface area contributed by atoms with Gasteiger partial charge in [-0.05, 0) is 25.1 Å². The van der Waals surface area contributed by atoms with E-state index in [4.69, 9.17) is 25.5 Å². The van der Waals surface area contributed by atoms with Gasteiger partial charge >= 0.3 is 0 Å². The molecule has 1 aromatic carbocycles. The lowest BCUT2D eigenvalue weighted by Gasteiger charge is -2.15. The second-order valence-corrected chi connectivity index (χ2v) is 7.25. The number of nitrogens with zero attached hydrogens (tertiary/aromatic N) is 3. The highest BCUT2D eigenvalue weighted by molar-refractivity contribution is 8.00. The number of rotatable bonds is 7. The number of nitrogens with one attached hydrogen (secondary N) is 1. The summed E-state index contributed by atoms with van der Waals surface area (Å²) in [6.07, 6.45) is 3.28. The number of amides is 1. The summed E-state index contributed by atoms with van der Waals surface area (Å²) in [6, 6.07) is 6.76. The fraction of sp³-hybridized carbons (Fsp3) is 0.222. The van der Waals surface area contributed by atoms with Crippen LogP contribution in [-0.2, 0) is 4.79 Å². The largest absolute Gasteiger partial charge is 0.495 e. The summed E-state index contributed by atoms with van der Waals surface area (Å²) in [4.78, 5) is 16.6. The molecule has 8 nitrogen and oxygen atoms in total. The van der Waals surface area contributed by atoms with Gasteiger partial charge in [-0.2, -0.15) is 0 Å². The fourth-order valence-corrected chi connectivity index (χ4v) is 3.18. The molecule has 1 atom stereocenters. The Morgan fingerprint density at radius 2 is 2.04 bits per heavy atom. The summed E-state index contributed by atoms with van der Waals surface area (Å²) in [6.45, 7) is 1.73. The minimum absolute atomic E-state index is 0.273. The first-order chi connectivity index (χ1) is 13.5. The van der Waals surface area contributed by atoms with Gasteiger partial charge in [-0.15, -0.1) is 10.2 Å². The highest BCUT2D eigenvalue weighted by atomic mass is 35.5. The summed E-state index contributed by atoms with van der Waals surface area (Å²) in [7, 11) is 3.00. The number of hydrogen-bond donors (Lipinski definition) is 1. The van der Waals surface area contributed by atoms with Gasteiger partial charge in [0.25, 0.3) is 5.22 Å². The minimum atomic E-state index is -0.507. The SMILES string of the molecule is COc1cc(OC)c(NC(=O)C(C)Sc2nnc(-c3cccnc3)o2)cc1Cl. The van der Waals surface area contributed by atoms with Crippen molar-refractivity contribution in [3.05, 3.63) is 41.7 Å². The summed E-state index contributed by atoms with van der Waals surface area (Å²) in [5, 5.41) is 10.9. The lowest BCUT2D eigenvalue weighted by atomic mass is 10.2. The van der Waals surface area contributed by atoms with Gasteiger partial charge in [-0.3, -0.25) is 9.78 Å². The Hall–Kier alpha value is -2.78. The molecule has 1 N–H and O–H groups in total. The van der Waals surface area contributed by atoms with Crippen molar-refractivity contribution in [1.29, 1.82) is 0 Å². The van der Waals surface area contributed by atoms with Crippen LogP contribution in [0, 0.1) is 0 Å². The summed E-state index contributed by atoms with van der Waals surface area (Å²) in [5.74, 6) is 0.952. The number of halogens is 1. The molecule has 10 heteroatoms. The monoisotopic (exact) mass is 420 g/mol. The first kappa shape index (κ1) is 20.0. The summed E-state index contributed by atoms with van der Waals surface area (Å²) < 4.78 is 16.0. The minimum Gasteiger partial charge on any atom is -0.495 e. The van der Waals surface area contributed by atoms with Crippen LogP contribution in [0.25, 0.3) is 11.5 Å². The topological polar surface area (TPSA) is 99.4 Å². The molecule has 0 saturated heterocycles. The average Bonchev–Trinajstić information content (AvgIpc) is 3.17. The Morgan fingerprint density at radius 1 is 1.25 bits per heavy atom. The van der Waals surface area contributed by atoms with Gasteiger partial charge in [0, 0.05) is 18.5 Å². The fourth-order valence-electron chi connectivity index (χ4n) is 2.26. The molecule has 146 valence electrons. The van der Waals surface area contributed by atoms with Crippen LogP contribution >= 0.6 is 23.4 Å². The van der Waals surface area contributed by atoms with Crippen LogP contribution < -0.4 is 14.8 Å². The second-order valence-electron chi connectivity index (χ2n) is 5.55. The zero-order valence-electron chi connectivity index (χ0n) is 15.3. The van der Waals surface area contributed by atoms with Crippen molar-refractivity contribution in [1.82, 2.24) is 15.2 Å². The molecule has 1 unspecified atom stereocenters. The maximum absolute atomic E-state index is 12.6. The molecular formula is C18H17ClN4O4S. The van der Waals surface area contributed by atoms with E-state index in [0.717, 1.165) is 11.8 Å². The molecule has 0 bridgehead atoms. The van der Waals surface area contributed by atoms with Crippen molar-refractivity contribution in [3.63, 3.8) is 0 Å². The number of hydrogen-bond acceptors (Lipinski definition) is 8. The molecule has 0 aliphatic rings. The van der Waals surface area contributed by atoms with Gasteiger partial charge in [-0.1, -0.05) is 23.4 Å². The maximum Gasteiger partial charge on any atom is 0.277 e. The number of pyridine rings is 1. The van der Waals surface area contributed by atoms with Crippen molar-refractivity contribution in [2.45, 2.75) is 17.4 Å². The van der Waals surface area contributed by atoms with E-state index in [-0.39, 0.29) is 11.1 Å². The molecule has 28 heavy (non-hydrogen) atoms. The number of ether oxygens (including phenoxy) is 2. The van der Waals surface area contributed by atoms with Crippen LogP contribution in [0.5, 0.6) is 11.5 Å². The van der Waals surface area contributed by atoms with E-state index in [1.165, 1.54) is 14.2 Å². The number of thioether (sulfide) groups is 1. The number of benzene rings is 1. The van der Waals surface area contributed by atoms with Gasteiger partial charge in [0.05, 0.1) is 35.7 Å². The highest BCUT2D eigenvalue weighted by Crippen LogP contribution is 2.36. The zero-order chi connectivity index (χ0) is 20.1.